The van der Waals surface area contributed by atoms with E-state index in [1.807, 2.05) is 13.8 Å². The molecule has 0 bridgehead atoms. The van der Waals surface area contributed by atoms with E-state index >= 15 is 0 Å². The summed E-state index contributed by atoms with van der Waals surface area (Å²) in [5.74, 6) is -0.0635. The maximum Gasteiger partial charge on any atom is 0.328 e. The highest BCUT2D eigenvalue weighted by Crippen LogP contribution is 2.35. The molecule has 0 saturated carbocycles. The normalized spacial score (nSPS) is 17.0. The zero-order valence-electron chi connectivity index (χ0n) is 15.3. The fraction of sp³-hybridized carbons (Fsp3) is 0.389. The van der Waals surface area contributed by atoms with Gasteiger partial charge in [-0.15, -0.1) is 0 Å². The molecule has 0 aliphatic carbocycles. The number of carbonyl (C=O) groups excluding carboxylic acids is 3. The number of thioether (sulfide) groups is 1. The minimum atomic E-state index is -0.977. The maximum absolute atomic E-state index is 12.5. The van der Waals surface area contributed by atoms with Crippen molar-refractivity contribution < 1.29 is 28.6 Å². The van der Waals surface area contributed by atoms with Crippen LogP contribution in [-0.4, -0.2) is 48.4 Å². The van der Waals surface area contributed by atoms with Crippen LogP contribution in [0.1, 0.15) is 26.3 Å². The third kappa shape index (κ3) is 4.19. The number of hydrogen-bond donors (Lipinski definition) is 0. The van der Waals surface area contributed by atoms with Crippen LogP contribution >= 0.6 is 11.8 Å². The lowest BCUT2D eigenvalue weighted by Gasteiger charge is -2.18. The molecule has 26 heavy (non-hydrogen) atoms. The van der Waals surface area contributed by atoms with E-state index in [0.717, 1.165) is 16.7 Å². The number of carbonyl (C=O) groups is 3. The van der Waals surface area contributed by atoms with Crippen molar-refractivity contribution in [2.24, 2.45) is 0 Å². The van der Waals surface area contributed by atoms with Crippen molar-refractivity contribution >= 4 is 35.0 Å². The predicted molar refractivity (Wildman–Crippen MR) is 98.0 cm³/mol. The molecule has 8 heteroatoms. The predicted octanol–water partition coefficient (Wildman–Crippen LogP) is 3.08. The fourth-order valence-electron chi connectivity index (χ4n) is 2.37. The summed E-state index contributed by atoms with van der Waals surface area (Å²) in [4.78, 5) is 37.4. The molecule has 0 unspecified atom stereocenters. The van der Waals surface area contributed by atoms with Gasteiger partial charge in [0, 0.05) is 0 Å². The Hall–Kier alpha value is -2.48. The minimum Gasteiger partial charge on any atom is -0.493 e. The van der Waals surface area contributed by atoms with Crippen LogP contribution < -0.4 is 9.47 Å². The number of rotatable bonds is 6. The smallest absolute Gasteiger partial charge is 0.328 e. The van der Waals surface area contributed by atoms with Crippen LogP contribution in [-0.2, 0) is 14.3 Å². The first-order valence-electron chi connectivity index (χ1n) is 7.98. The number of amides is 2. The summed E-state index contributed by atoms with van der Waals surface area (Å²) in [5.41, 5.74) is 0.675. The van der Waals surface area contributed by atoms with Gasteiger partial charge in [0.25, 0.3) is 11.1 Å². The van der Waals surface area contributed by atoms with E-state index in [0.29, 0.717) is 17.1 Å². The Balaban J connectivity index is 2.28. The molecule has 140 valence electrons. The van der Waals surface area contributed by atoms with Gasteiger partial charge in [0.1, 0.15) is 6.04 Å². The zero-order chi connectivity index (χ0) is 19.4. The molecule has 0 radical (unpaired) electrons. The second-order valence-corrected chi connectivity index (χ2v) is 6.82. The lowest BCUT2D eigenvalue weighted by molar-refractivity contribution is -0.148. The average Bonchev–Trinajstić information content (AvgIpc) is 2.87. The Morgan fingerprint density at radius 2 is 1.85 bits per heavy atom. The van der Waals surface area contributed by atoms with Gasteiger partial charge in [-0.3, -0.25) is 14.5 Å². The van der Waals surface area contributed by atoms with Crippen molar-refractivity contribution in [3.8, 4) is 11.5 Å². The molecule has 7 nitrogen and oxygen atoms in total. The molecule has 1 aliphatic heterocycles. The summed E-state index contributed by atoms with van der Waals surface area (Å²) in [7, 11) is 2.74. The van der Waals surface area contributed by atoms with E-state index in [1.165, 1.54) is 21.1 Å². The number of esters is 1. The van der Waals surface area contributed by atoms with Crippen LogP contribution in [0, 0.1) is 0 Å². The monoisotopic (exact) mass is 379 g/mol. The Kier molecular flexibility index (Phi) is 6.31. The molecule has 1 heterocycles. The average molecular weight is 379 g/mol. The molecular weight excluding hydrogens is 358 g/mol. The Labute approximate surface area is 156 Å². The van der Waals surface area contributed by atoms with E-state index in [2.05, 4.69) is 4.74 Å². The number of benzene rings is 1. The van der Waals surface area contributed by atoms with Gasteiger partial charge in [-0.05, 0) is 56.3 Å². The first-order chi connectivity index (χ1) is 12.3. The standard InChI is InChI=1S/C18H21NO6S/c1-10(2)25-13-7-6-12(8-14(13)23-4)9-15-16(20)19(18(22)26-15)11(3)17(21)24-5/h6-11H,1-5H3/b15-9+/t11-/m0/s1. The number of hydrogen-bond acceptors (Lipinski definition) is 7. The molecule has 1 fully saturated rings. The van der Waals surface area contributed by atoms with E-state index in [4.69, 9.17) is 9.47 Å². The summed E-state index contributed by atoms with van der Waals surface area (Å²) in [6, 6.07) is 4.24. The van der Waals surface area contributed by atoms with Gasteiger partial charge >= 0.3 is 5.97 Å². The topological polar surface area (TPSA) is 82.1 Å². The van der Waals surface area contributed by atoms with E-state index in [9.17, 15) is 14.4 Å². The lowest BCUT2D eigenvalue weighted by Crippen LogP contribution is -2.42. The highest BCUT2D eigenvalue weighted by molar-refractivity contribution is 8.18. The number of nitrogens with zero attached hydrogens (tertiary/aromatic N) is 1. The molecule has 0 N–H and O–H groups in total. The van der Waals surface area contributed by atoms with Crippen LogP contribution in [0.3, 0.4) is 0 Å². The molecule has 1 aliphatic rings. The van der Waals surface area contributed by atoms with Gasteiger partial charge in [0.05, 0.1) is 25.2 Å². The molecule has 1 saturated heterocycles. The van der Waals surface area contributed by atoms with Crippen molar-refractivity contribution in [1.29, 1.82) is 0 Å². The number of imide groups is 1. The molecule has 1 aromatic rings. The quantitative estimate of drug-likeness (QED) is 0.555. The summed E-state index contributed by atoms with van der Waals surface area (Å²) < 4.78 is 15.6. The van der Waals surface area contributed by atoms with E-state index in [1.54, 1.807) is 24.3 Å². The molecule has 2 rings (SSSR count). The first-order valence-corrected chi connectivity index (χ1v) is 8.79. The lowest BCUT2D eigenvalue weighted by atomic mass is 10.1. The SMILES string of the molecule is COC(=O)[C@H](C)N1C(=O)S/C(=C/c2ccc(OC(C)C)c(OC)c2)C1=O. The second kappa shape index (κ2) is 8.27. The van der Waals surface area contributed by atoms with Crippen LogP contribution in [0.4, 0.5) is 4.79 Å². The fourth-order valence-corrected chi connectivity index (χ4v) is 3.27. The first kappa shape index (κ1) is 19.8. The van der Waals surface area contributed by atoms with E-state index < -0.39 is 23.2 Å². The van der Waals surface area contributed by atoms with Gasteiger partial charge in [0.15, 0.2) is 11.5 Å². The maximum atomic E-state index is 12.5. The Morgan fingerprint density at radius 1 is 1.15 bits per heavy atom. The van der Waals surface area contributed by atoms with Gasteiger partial charge in [-0.1, -0.05) is 6.07 Å². The highest BCUT2D eigenvalue weighted by Gasteiger charge is 2.41. The van der Waals surface area contributed by atoms with E-state index in [-0.39, 0.29) is 11.0 Å². The van der Waals surface area contributed by atoms with Gasteiger partial charge in [0.2, 0.25) is 0 Å². The summed E-state index contributed by atoms with van der Waals surface area (Å²) in [6.07, 6.45) is 1.57. The molecular formula is C18H21NO6S. The van der Waals surface area contributed by atoms with Crippen LogP contribution in [0.15, 0.2) is 23.1 Å². The van der Waals surface area contributed by atoms with Crippen molar-refractivity contribution in [1.82, 2.24) is 4.90 Å². The van der Waals surface area contributed by atoms with Crippen LogP contribution in [0.5, 0.6) is 11.5 Å². The van der Waals surface area contributed by atoms with Crippen molar-refractivity contribution in [3.63, 3.8) is 0 Å². The van der Waals surface area contributed by atoms with Gasteiger partial charge in [-0.2, -0.15) is 0 Å². The van der Waals surface area contributed by atoms with Gasteiger partial charge < -0.3 is 14.2 Å². The second-order valence-electron chi connectivity index (χ2n) is 5.83. The summed E-state index contributed by atoms with van der Waals surface area (Å²) >= 11 is 0.780. The van der Waals surface area contributed by atoms with Crippen LogP contribution in [0.25, 0.3) is 6.08 Å². The Bertz CT molecular complexity index is 758. The molecule has 0 spiro atoms. The van der Waals surface area contributed by atoms with Crippen molar-refractivity contribution in [2.45, 2.75) is 32.9 Å². The third-order valence-electron chi connectivity index (χ3n) is 3.60. The third-order valence-corrected chi connectivity index (χ3v) is 4.48. The summed E-state index contributed by atoms with van der Waals surface area (Å²) in [5, 5.41) is -0.508. The minimum absolute atomic E-state index is 0.00828. The highest BCUT2D eigenvalue weighted by atomic mass is 32.2. The zero-order valence-corrected chi connectivity index (χ0v) is 16.1. The van der Waals surface area contributed by atoms with Gasteiger partial charge in [-0.25, -0.2) is 4.79 Å². The molecule has 1 atom stereocenters. The van der Waals surface area contributed by atoms with Crippen LogP contribution in [0.2, 0.25) is 0 Å². The molecule has 0 aromatic heterocycles. The van der Waals surface area contributed by atoms with Crippen molar-refractivity contribution in [3.05, 3.63) is 28.7 Å². The molecule has 1 aromatic carbocycles. The largest absolute Gasteiger partial charge is 0.493 e. The number of methoxy groups -OCH3 is 2. The Morgan fingerprint density at radius 3 is 2.42 bits per heavy atom. The number of ether oxygens (including phenoxy) is 3. The molecule has 2 amide bonds. The summed E-state index contributed by atoms with van der Waals surface area (Å²) in [6.45, 7) is 5.27. The van der Waals surface area contributed by atoms with Crippen molar-refractivity contribution in [2.75, 3.05) is 14.2 Å².